The van der Waals surface area contributed by atoms with Crippen molar-refractivity contribution < 1.29 is 37.0 Å². The summed E-state index contributed by atoms with van der Waals surface area (Å²) in [6, 6.07) is 14.8. The monoisotopic (exact) mass is 566 g/mol. The molecule has 1 N–H and O–H groups in total. The van der Waals surface area contributed by atoms with Gasteiger partial charge in [-0.25, -0.2) is 14.5 Å². The minimum Gasteiger partial charge on any atom is -0.497 e. The van der Waals surface area contributed by atoms with E-state index >= 15 is 0 Å². The molecule has 4 rings (SSSR count). The Bertz CT molecular complexity index is 1560. The topological polar surface area (TPSA) is 112 Å². The number of rotatable bonds is 7. The molecule has 0 radical (unpaired) electrons. The van der Waals surface area contributed by atoms with Crippen molar-refractivity contribution in [3.8, 4) is 11.8 Å². The first-order chi connectivity index (χ1) is 19.3. The molecule has 0 saturated carbocycles. The Hall–Kier alpha value is -5.05. The van der Waals surface area contributed by atoms with Crippen LogP contribution in [0, 0.1) is 11.3 Å². The predicted octanol–water partition coefficient (Wildman–Crippen LogP) is 5.86. The number of anilines is 3. The number of hydrogen-bond donors (Lipinski definition) is 1. The number of nitrogens with zero attached hydrogens (tertiary/aromatic N) is 3. The van der Waals surface area contributed by atoms with Gasteiger partial charge < -0.3 is 19.7 Å². The highest BCUT2D eigenvalue weighted by atomic mass is 19.4. The van der Waals surface area contributed by atoms with Crippen molar-refractivity contribution in [3.63, 3.8) is 0 Å². The quantitative estimate of drug-likeness (QED) is 0.282. The first-order valence-corrected chi connectivity index (χ1v) is 12.2. The number of ether oxygens (including phenoxy) is 2. The molecule has 3 amide bonds. The molecule has 0 unspecified atom stereocenters. The lowest BCUT2D eigenvalue weighted by atomic mass is 10.0. The lowest BCUT2D eigenvalue weighted by molar-refractivity contribution is -0.137. The number of halogens is 3. The molecule has 0 aliphatic carbocycles. The van der Waals surface area contributed by atoms with Gasteiger partial charge in [0.25, 0.3) is 5.91 Å². The highest BCUT2D eigenvalue weighted by molar-refractivity contribution is 6.23. The molecule has 1 aliphatic heterocycles. The number of urea groups is 1. The van der Waals surface area contributed by atoms with E-state index in [-0.39, 0.29) is 12.1 Å². The summed E-state index contributed by atoms with van der Waals surface area (Å²) in [6.07, 6.45) is -4.92. The predicted molar refractivity (Wildman–Crippen MR) is 143 cm³/mol. The van der Waals surface area contributed by atoms with Gasteiger partial charge in [0, 0.05) is 17.4 Å². The number of carbonyl (C=O) groups is 3. The van der Waals surface area contributed by atoms with Gasteiger partial charge in [-0.3, -0.25) is 4.79 Å². The maximum absolute atomic E-state index is 13.9. The van der Waals surface area contributed by atoms with Gasteiger partial charge in [-0.2, -0.15) is 18.4 Å². The Labute approximate surface area is 233 Å². The molecule has 1 fully saturated rings. The summed E-state index contributed by atoms with van der Waals surface area (Å²) in [6.45, 7) is 2.76. The summed E-state index contributed by atoms with van der Waals surface area (Å²) in [4.78, 5) is 40.5. The fraction of sp³-hybridized carbons (Fsp3) is 0.241. The molecule has 3 aromatic carbocycles. The zero-order valence-electron chi connectivity index (χ0n) is 22.5. The summed E-state index contributed by atoms with van der Waals surface area (Å²) >= 11 is 0. The van der Waals surface area contributed by atoms with Crippen molar-refractivity contribution in [2.45, 2.75) is 32.1 Å². The number of hydrogen-bond acceptors (Lipinski definition) is 7. The number of nitrogens with one attached hydrogen (secondary N) is 1. The number of benzene rings is 3. The van der Waals surface area contributed by atoms with E-state index < -0.39 is 40.9 Å². The van der Waals surface area contributed by atoms with Crippen LogP contribution in [0.25, 0.3) is 0 Å². The third-order valence-electron chi connectivity index (χ3n) is 6.73. The zero-order valence-corrected chi connectivity index (χ0v) is 22.5. The van der Waals surface area contributed by atoms with Crippen LogP contribution < -0.4 is 15.0 Å². The fourth-order valence-corrected chi connectivity index (χ4v) is 4.41. The molecule has 0 atom stereocenters. The van der Waals surface area contributed by atoms with Crippen LogP contribution in [0.4, 0.5) is 35.0 Å². The third-order valence-corrected chi connectivity index (χ3v) is 6.73. The van der Waals surface area contributed by atoms with Crippen molar-refractivity contribution >= 4 is 35.0 Å². The second kappa shape index (κ2) is 10.8. The van der Waals surface area contributed by atoms with E-state index in [1.807, 2.05) is 0 Å². The average molecular weight is 567 g/mol. The van der Waals surface area contributed by atoms with Gasteiger partial charge in [0.1, 0.15) is 11.3 Å². The maximum Gasteiger partial charge on any atom is 0.418 e. The summed E-state index contributed by atoms with van der Waals surface area (Å²) in [7, 11) is 2.75. The van der Waals surface area contributed by atoms with E-state index in [1.54, 1.807) is 48.5 Å². The van der Waals surface area contributed by atoms with E-state index in [0.29, 0.717) is 39.2 Å². The standard InChI is InChI=1S/C29H25F3N4O5/c1-28(2)26(38)36(24-12-5-17(15-33)13-22(24)29(30,31)32)27(39)35(28)16-19-8-11-21(40-3)14-23(19)34-20-9-6-18(7-10-20)25(37)41-4/h5-14,34H,16H2,1-4H3. The molecule has 0 bridgehead atoms. The maximum atomic E-state index is 13.9. The summed E-state index contributed by atoms with van der Waals surface area (Å²) in [5.74, 6) is -0.864. The molecule has 0 aromatic heterocycles. The number of imide groups is 1. The van der Waals surface area contributed by atoms with E-state index in [0.717, 1.165) is 12.1 Å². The molecule has 12 heteroatoms. The second-order valence-electron chi connectivity index (χ2n) is 9.63. The molecule has 1 heterocycles. The number of amides is 3. The van der Waals surface area contributed by atoms with Crippen LogP contribution in [0.5, 0.6) is 5.75 Å². The van der Waals surface area contributed by atoms with Gasteiger partial charge in [-0.05, 0) is 67.9 Å². The summed E-state index contributed by atoms with van der Waals surface area (Å²) in [5.41, 5.74) is -1.72. The van der Waals surface area contributed by atoms with Crippen LogP contribution in [0.1, 0.15) is 40.9 Å². The fourth-order valence-electron chi connectivity index (χ4n) is 4.41. The van der Waals surface area contributed by atoms with Gasteiger partial charge >= 0.3 is 18.2 Å². The molecule has 41 heavy (non-hydrogen) atoms. The van der Waals surface area contributed by atoms with E-state index in [9.17, 15) is 27.6 Å². The second-order valence-corrected chi connectivity index (χ2v) is 9.63. The normalized spacial score (nSPS) is 14.6. The van der Waals surface area contributed by atoms with Crippen LogP contribution >= 0.6 is 0 Å². The lowest BCUT2D eigenvalue weighted by Crippen LogP contribution is -2.43. The number of nitriles is 1. The third kappa shape index (κ3) is 5.51. The van der Waals surface area contributed by atoms with Crippen LogP contribution in [-0.2, 0) is 22.3 Å². The molecule has 212 valence electrons. The van der Waals surface area contributed by atoms with Crippen LogP contribution in [-0.4, -0.2) is 42.6 Å². The van der Waals surface area contributed by atoms with Crippen molar-refractivity contribution in [2.24, 2.45) is 0 Å². The van der Waals surface area contributed by atoms with E-state index in [2.05, 4.69) is 5.32 Å². The number of carbonyl (C=O) groups excluding carboxylic acids is 3. The van der Waals surface area contributed by atoms with Crippen LogP contribution in [0.2, 0.25) is 0 Å². The number of esters is 1. The Balaban J connectivity index is 1.71. The van der Waals surface area contributed by atoms with E-state index in [4.69, 9.17) is 14.7 Å². The first-order valence-electron chi connectivity index (χ1n) is 12.2. The van der Waals surface area contributed by atoms with Crippen molar-refractivity contribution in [2.75, 3.05) is 24.4 Å². The molecule has 0 spiro atoms. The Morgan fingerprint density at radius 1 is 1.02 bits per heavy atom. The molecule has 3 aromatic rings. The van der Waals surface area contributed by atoms with Gasteiger partial charge in [0.2, 0.25) is 0 Å². The largest absolute Gasteiger partial charge is 0.497 e. The minimum atomic E-state index is -4.92. The van der Waals surface area contributed by atoms with Gasteiger partial charge in [-0.15, -0.1) is 0 Å². The average Bonchev–Trinajstić information content (AvgIpc) is 3.11. The zero-order chi connectivity index (χ0) is 30.1. The SMILES string of the molecule is COC(=O)c1ccc(Nc2cc(OC)ccc2CN2C(=O)N(c3ccc(C#N)cc3C(F)(F)F)C(=O)C2(C)C)cc1. The summed E-state index contributed by atoms with van der Waals surface area (Å²) in [5, 5.41) is 12.3. The number of methoxy groups -OCH3 is 2. The minimum absolute atomic E-state index is 0.141. The first kappa shape index (κ1) is 28.9. The Morgan fingerprint density at radius 2 is 1.71 bits per heavy atom. The van der Waals surface area contributed by atoms with Crippen molar-refractivity contribution in [1.29, 1.82) is 5.26 Å². The van der Waals surface area contributed by atoms with Crippen LogP contribution in [0.3, 0.4) is 0 Å². The molecule has 1 saturated heterocycles. The molecular weight excluding hydrogens is 541 g/mol. The van der Waals surface area contributed by atoms with Crippen molar-refractivity contribution in [3.05, 3.63) is 82.9 Å². The van der Waals surface area contributed by atoms with Gasteiger partial charge in [0.15, 0.2) is 0 Å². The van der Waals surface area contributed by atoms with Crippen LogP contribution in [0.15, 0.2) is 60.7 Å². The Morgan fingerprint density at radius 3 is 2.29 bits per heavy atom. The van der Waals surface area contributed by atoms with Crippen molar-refractivity contribution in [1.82, 2.24) is 4.90 Å². The lowest BCUT2D eigenvalue weighted by Gasteiger charge is -2.28. The highest BCUT2D eigenvalue weighted by Crippen LogP contribution is 2.42. The highest BCUT2D eigenvalue weighted by Gasteiger charge is 2.53. The van der Waals surface area contributed by atoms with Gasteiger partial charge in [0.05, 0.1) is 49.2 Å². The molecule has 9 nitrogen and oxygen atoms in total. The number of alkyl halides is 3. The molecule has 1 aliphatic rings. The Kier molecular flexibility index (Phi) is 7.66. The molecular formula is C29H25F3N4O5. The summed E-state index contributed by atoms with van der Waals surface area (Å²) < 4.78 is 51.8. The smallest absolute Gasteiger partial charge is 0.418 e. The van der Waals surface area contributed by atoms with Gasteiger partial charge in [-0.1, -0.05) is 6.07 Å². The van der Waals surface area contributed by atoms with E-state index in [1.165, 1.54) is 33.0 Å².